The quantitative estimate of drug-likeness (QED) is 0.794. The molecule has 1 aliphatic heterocycles. The number of carbonyl (C=O) groups excluding carboxylic acids is 1. The molecule has 4 nitrogen and oxygen atoms in total. The van der Waals surface area contributed by atoms with Gasteiger partial charge in [0.25, 0.3) is 0 Å². The monoisotopic (exact) mass is 263 g/mol. The largest absolute Gasteiger partial charge is 0.336 e. The fraction of sp³-hybridized carbons (Fsp3) is 0.933. The van der Waals surface area contributed by atoms with Crippen molar-refractivity contribution in [3.8, 4) is 0 Å². The van der Waals surface area contributed by atoms with Crippen molar-refractivity contribution in [1.82, 2.24) is 10.2 Å². The van der Waals surface area contributed by atoms with E-state index in [-0.39, 0.29) is 12.1 Å². The highest BCUT2D eigenvalue weighted by molar-refractivity contribution is 5.75. The number of amides is 2. The smallest absolute Gasteiger partial charge is 0.317 e. The predicted molar refractivity (Wildman–Crippen MR) is 73.6 cm³/mol. The number of urea groups is 1. The number of nitrogens with two attached hydrogens (primary N) is 1. The first-order chi connectivity index (χ1) is 9.12. The number of nitrogens with zero attached hydrogens (tertiary/aromatic N) is 1. The van der Waals surface area contributed by atoms with Crippen molar-refractivity contribution in [2.24, 2.45) is 28.9 Å². The minimum Gasteiger partial charge on any atom is -0.336 e. The van der Waals surface area contributed by atoms with E-state index in [1.165, 1.54) is 38.5 Å². The zero-order chi connectivity index (χ0) is 13.0. The minimum atomic E-state index is 0.103. The fourth-order valence-electron chi connectivity index (χ4n) is 5.79. The molecule has 2 amide bonds. The SMILES string of the molecule is NC1CNC(=O)N(CC23CC4CC(CC(C4)C2)C3)C1. The van der Waals surface area contributed by atoms with E-state index in [0.717, 1.165) is 30.8 Å². The maximum atomic E-state index is 12.0. The van der Waals surface area contributed by atoms with Crippen LogP contribution in [0.4, 0.5) is 4.79 Å². The predicted octanol–water partition coefficient (Wildman–Crippen LogP) is 1.56. The van der Waals surface area contributed by atoms with Crippen molar-refractivity contribution in [3.05, 3.63) is 0 Å². The molecule has 4 aliphatic carbocycles. The molecule has 0 aromatic heterocycles. The Morgan fingerprint density at radius 2 is 1.74 bits per heavy atom. The van der Waals surface area contributed by atoms with Gasteiger partial charge in [0.05, 0.1) is 0 Å². The minimum absolute atomic E-state index is 0.103. The normalized spacial score (nSPS) is 48.5. The Kier molecular flexibility index (Phi) is 2.60. The van der Waals surface area contributed by atoms with Gasteiger partial charge in [-0.3, -0.25) is 0 Å². The molecular formula is C15H25N3O. The summed E-state index contributed by atoms with van der Waals surface area (Å²) >= 11 is 0. The van der Waals surface area contributed by atoms with Crippen LogP contribution in [-0.2, 0) is 0 Å². The second-order valence-electron chi connectivity index (χ2n) is 7.74. The number of hydrogen-bond acceptors (Lipinski definition) is 2. The summed E-state index contributed by atoms with van der Waals surface area (Å²) in [4.78, 5) is 14.0. The summed E-state index contributed by atoms with van der Waals surface area (Å²) in [6, 6.07) is 0.212. The molecule has 1 atom stereocenters. The van der Waals surface area contributed by atoms with Crippen LogP contribution in [-0.4, -0.2) is 36.6 Å². The van der Waals surface area contributed by atoms with Crippen LogP contribution < -0.4 is 11.1 Å². The maximum absolute atomic E-state index is 12.0. The topological polar surface area (TPSA) is 58.4 Å². The maximum Gasteiger partial charge on any atom is 0.317 e. The Bertz CT molecular complexity index is 360. The summed E-state index contributed by atoms with van der Waals surface area (Å²) in [5, 5.41) is 2.93. The Morgan fingerprint density at radius 3 is 2.32 bits per heavy atom. The third-order valence-electron chi connectivity index (χ3n) is 5.95. The van der Waals surface area contributed by atoms with Gasteiger partial charge in [0.1, 0.15) is 0 Å². The van der Waals surface area contributed by atoms with E-state index >= 15 is 0 Å². The molecule has 5 fully saturated rings. The Balaban J connectivity index is 1.51. The van der Waals surface area contributed by atoms with Gasteiger partial charge >= 0.3 is 6.03 Å². The van der Waals surface area contributed by atoms with Gasteiger partial charge in [0.15, 0.2) is 0 Å². The van der Waals surface area contributed by atoms with Crippen molar-refractivity contribution >= 4 is 6.03 Å². The lowest BCUT2D eigenvalue weighted by molar-refractivity contribution is -0.0650. The van der Waals surface area contributed by atoms with Gasteiger partial charge in [-0.25, -0.2) is 4.79 Å². The molecule has 4 heteroatoms. The van der Waals surface area contributed by atoms with Gasteiger partial charge in [-0.2, -0.15) is 0 Å². The van der Waals surface area contributed by atoms with Gasteiger partial charge in [-0.05, 0) is 61.7 Å². The Hall–Kier alpha value is -0.770. The summed E-state index contributed by atoms with van der Waals surface area (Å²) in [6.45, 7) is 2.33. The molecule has 19 heavy (non-hydrogen) atoms. The summed E-state index contributed by atoms with van der Waals surface area (Å²) < 4.78 is 0. The average molecular weight is 263 g/mol. The lowest BCUT2D eigenvalue weighted by atomic mass is 9.49. The van der Waals surface area contributed by atoms with E-state index in [1.807, 2.05) is 4.90 Å². The first-order valence-corrected chi connectivity index (χ1v) is 7.90. The zero-order valence-corrected chi connectivity index (χ0v) is 11.6. The molecule has 5 rings (SSSR count). The van der Waals surface area contributed by atoms with Crippen molar-refractivity contribution in [2.45, 2.75) is 44.6 Å². The zero-order valence-electron chi connectivity index (χ0n) is 11.6. The molecule has 0 aromatic rings. The van der Waals surface area contributed by atoms with Crippen molar-refractivity contribution in [1.29, 1.82) is 0 Å². The number of nitrogens with one attached hydrogen (secondary N) is 1. The second kappa shape index (κ2) is 4.11. The molecule has 5 aliphatic rings. The second-order valence-corrected chi connectivity index (χ2v) is 7.74. The van der Waals surface area contributed by atoms with Crippen LogP contribution >= 0.6 is 0 Å². The van der Waals surface area contributed by atoms with E-state index in [4.69, 9.17) is 5.73 Å². The van der Waals surface area contributed by atoms with Gasteiger partial charge in [-0.1, -0.05) is 0 Å². The summed E-state index contributed by atoms with van der Waals surface area (Å²) in [5.74, 6) is 2.85. The van der Waals surface area contributed by atoms with E-state index < -0.39 is 0 Å². The summed E-state index contributed by atoms with van der Waals surface area (Å²) in [7, 11) is 0. The third-order valence-corrected chi connectivity index (χ3v) is 5.95. The van der Waals surface area contributed by atoms with Crippen LogP contribution in [0.3, 0.4) is 0 Å². The molecule has 0 radical (unpaired) electrons. The van der Waals surface area contributed by atoms with Crippen LogP contribution in [0.25, 0.3) is 0 Å². The van der Waals surface area contributed by atoms with Gasteiger partial charge in [-0.15, -0.1) is 0 Å². The number of hydrogen-bond donors (Lipinski definition) is 2. The molecular weight excluding hydrogens is 238 g/mol. The van der Waals surface area contributed by atoms with E-state index in [2.05, 4.69) is 5.32 Å². The third kappa shape index (κ3) is 2.04. The lowest BCUT2D eigenvalue weighted by Crippen LogP contribution is -2.60. The summed E-state index contributed by atoms with van der Waals surface area (Å²) in [6.07, 6.45) is 8.47. The first-order valence-electron chi connectivity index (χ1n) is 7.90. The van der Waals surface area contributed by atoms with Crippen molar-refractivity contribution in [2.75, 3.05) is 19.6 Å². The van der Waals surface area contributed by atoms with E-state index in [9.17, 15) is 4.79 Å². The molecule has 4 saturated carbocycles. The fourth-order valence-corrected chi connectivity index (χ4v) is 5.79. The molecule has 0 spiro atoms. The lowest BCUT2D eigenvalue weighted by Gasteiger charge is -2.58. The van der Waals surface area contributed by atoms with Crippen LogP contribution in [0.1, 0.15) is 38.5 Å². The molecule has 1 saturated heterocycles. The molecule has 4 bridgehead atoms. The molecule has 3 N–H and O–H groups in total. The van der Waals surface area contributed by atoms with Crippen LogP contribution in [0.15, 0.2) is 0 Å². The van der Waals surface area contributed by atoms with E-state index in [1.54, 1.807) is 0 Å². The van der Waals surface area contributed by atoms with Crippen molar-refractivity contribution < 1.29 is 4.79 Å². The highest BCUT2D eigenvalue weighted by Gasteiger charge is 2.51. The van der Waals surface area contributed by atoms with Crippen LogP contribution in [0.5, 0.6) is 0 Å². The first kappa shape index (κ1) is 12.0. The number of carbonyl (C=O) groups is 1. The van der Waals surface area contributed by atoms with E-state index in [0.29, 0.717) is 12.0 Å². The van der Waals surface area contributed by atoms with Gasteiger partial charge < -0.3 is 16.0 Å². The Labute approximate surface area is 115 Å². The van der Waals surface area contributed by atoms with Gasteiger partial charge in [0, 0.05) is 25.7 Å². The van der Waals surface area contributed by atoms with Crippen LogP contribution in [0, 0.1) is 23.2 Å². The van der Waals surface area contributed by atoms with Gasteiger partial charge in [0.2, 0.25) is 0 Å². The highest BCUT2D eigenvalue weighted by atomic mass is 16.2. The molecule has 0 aromatic carbocycles. The Morgan fingerprint density at radius 1 is 1.16 bits per heavy atom. The number of rotatable bonds is 2. The molecule has 1 heterocycles. The summed E-state index contributed by atoms with van der Waals surface area (Å²) in [5.41, 5.74) is 6.43. The highest BCUT2D eigenvalue weighted by Crippen LogP contribution is 2.60. The van der Waals surface area contributed by atoms with Crippen LogP contribution in [0.2, 0.25) is 0 Å². The molecule has 1 unspecified atom stereocenters. The molecule has 106 valence electrons. The average Bonchev–Trinajstić information content (AvgIpc) is 2.31. The van der Waals surface area contributed by atoms with Crippen molar-refractivity contribution in [3.63, 3.8) is 0 Å². The standard InChI is InChI=1S/C15H25N3O/c16-13-7-17-14(19)18(8-13)9-15-4-10-1-11(5-15)3-12(2-10)6-15/h10-13H,1-9,16H2,(H,17,19).